The monoisotopic (exact) mass is 397 g/mol. The number of benzene rings is 1. The van der Waals surface area contributed by atoms with E-state index in [4.69, 9.17) is 4.42 Å². The Kier molecular flexibility index (Phi) is 6.69. The quantitative estimate of drug-likeness (QED) is 0.782. The summed E-state index contributed by atoms with van der Waals surface area (Å²) in [7, 11) is 0. The molecule has 1 aromatic carbocycles. The van der Waals surface area contributed by atoms with Gasteiger partial charge in [0.15, 0.2) is 5.76 Å². The highest BCUT2D eigenvalue weighted by molar-refractivity contribution is 5.92. The lowest BCUT2D eigenvalue weighted by atomic mass is 9.95. The van der Waals surface area contributed by atoms with E-state index >= 15 is 0 Å². The van der Waals surface area contributed by atoms with Crippen molar-refractivity contribution in [1.29, 1.82) is 0 Å². The predicted octanol–water partition coefficient (Wildman–Crippen LogP) is 3.36. The van der Waals surface area contributed by atoms with Crippen LogP contribution in [0.2, 0.25) is 0 Å². The highest BCUT2D eigenvalue weighted by Gasteiger charge is 2.29. The van der Waals surface area contributed by atoms with Crippen molar-refractivity contribution in [2.75, 3.05) is 18.4 Å². The highest BCUT2D eigenvalue weighted by atomic mass is 16.3. The van der Waals surface area contributed by atoms with E-state index in [0.717, 1.165) is 11.3 Å². The van der Waals surface area contributed by atoms with Crippen molar-refractivity contribution in [3.63, 3.8) is 0 Å². The summed E-state index contributed by atoms with van der Waals surface area (Å²) in [6.45, 7) is 4.82. The molecule has 3 amide bonds. The second-order valence-corrected chi connectivity index (χ2v) is 7.30. The van der Waals surface area contributed by atoms with Gasteiger partial charge in [-0.25, -0.2) is 0 Å². The van der Waals surface area contributed by atoms with Gasteiger partial charge in [0.1, 0.15) is 0 Å². The number of nitrogens with zero attached hydrogens (tertiary/aromatic N) is 1. The van der Waals surface area contributed by atoms with Crippen LogP contribution in [0, 0.1) is 5.92 Å². The van der Waals surface area contributed by atoms with Crippen LogP contribution >= 0.6 is 0 Å². The maximum absolute atomic E-state index is 12.6. The highest BCUT2D eigenvalue weighted by Crippen LogP contribution is 2.22. The summed E-state index contributed by atoms with van der Waals surface area (Å²) in [5.74, 6) is 0.0701. The van der Waals surface area contributed by atoms with Gasteiger partial charge in [0, 0.05) is 31.1 Å². The zero-order valence-corrected chi connectivity index (χ0v) is 16.8. The van der Waals surface area contributed by atoms with Crippen LogP contribution < -0.4 is 10.6 Å². The van der Waals surface area contributed by atoms with Gasteiger partial charge >= 0.3 is 0 Å². The fourth-order valence-electron chi connectivity index (χ4n) is 3.42. The number of furan rings is 1. The number of amides is 3. The van der Waals surface area contributed by atoms with Crippen LogP contribution in [0.1, 0.15) is 55.3 Å². The zero-order valence-electron chi connectivity index (χ0n) is 16.8. The Morgan fingerprint density at radius 3 is 2.41 bits per heavy atom. The van der Waals surface area contributed by atoms with Crippen LogP contribution in [0.25, 0.3) is 0 Å². The van der Waals surface area contributed by atoms with Crippen molar-refractivity contribution < 1.29 is 18.8 Å². The second-order valence-electron chi connectivity index (χ2n) is 7.30. The lowest BCUT2D eigenvalue weighted by Crippen LogP contribution is -2.43. The van der Waals surface area contributed by atoms with E-state index < -0.39 is 0 Å². The van der Waals surface area contributed by atoms with Gasteiger partial charge in [0.25, 0.3) is 5.91 Å². The smallest absolute Gasteiger partial charge is 0.289 e. The molecular formula is C22H27N3O4. The van der Waals surface area contributed by atoms with Crippen LogP contribution in [0.3, 0.4) is 0 Å². The van der Waals surface area contributed by atoms with Crippen molar-refractivity contribution in [3.05, 3.63) is 54.0 Å². The molecule has 154 valence electrons. The summed E-state index contributed by atoms with van der Waals surface area (Å²) in [4.78, 5) is 38.2. The third-order valence-corrected chi connectivity index (χ3v) is 5.26. The maximum atomic E-state index is 12.6. The Hall–Kier alpha value is -3.09. The minimum atomic E-state index is -0.138. The molecule has 2 N–H and O–H groups in total. The molecule has 1 aromatic heterocycles. The van der Waals surface area contributed by atoms with Crippen LogP contribution in [0.4, 0.5) is 5.69 Å². The number of likely N-dealkylation sites (tertiary alicyclic amines) is 1. The topological polar surface area (TPSA) is 91.7 Å². The molecule has 0 spiro atoms. The number of piperidine rings is 1. The van der Waals surface area contributed by atoms with E-state index in [1.54, 1.807) is 24.0 Å². The van der Waals surface area contributed by atoms with Gasteiger partial charge in [-0.1, -0.05) is 19.1 Å². The first-order valence-corrected chi connectivity index (χ1v) is 10.0. The Labute approximate surface area is 170 Å². The fraction of sp³-hybridized carbons (Fsp3) is 0.409. The number of carbonyl (C=O) groups is 3. The number of hydrogen-bond donors (Lipinski definition) is 2. The molecule has 3 rings (SSSR count). The molecule has 1 saturated heterocycles. The minimum absolute atomic E-state index is 0.00552. The summed E-state index contributed by atoms with van der Waals surface area (Å²) < 4.78 is 5.17. The van der Waals surface area contributed by atoms with E-state index in [1.165, 1.54) is 6.26 Å². The normalized spacial score (nSPS) is 15.6. The van der Waals surface area contributed by atoms with Crippen molar-refractivity contribution in [2.24, 2.45) is 5.92 Å². The Bertz CT molecular complexity index is 837. The molecule has 29 heavy (non-hydrogen) atoms. The standard InChI is InChI=1S/C22H27N3O4/c1-3-20(26)24-18-8-6-16(7-9-18)15(2)23-21(27)17-10-12-25(13-11-17)22(28)19-5-4-14-29-19/h4-9,14-15,17H,3,10-13H2,1-2H3,(H,23,27)(H,24,26). The molecule has 2 aromatic rings. The van der Waals surface area contributed by atoms with E-state index in [2.05, 4.69) is 10.6 Å². The molecule has 1 aliphatic rings. The molecule has 2 heterocycles. The lowest BCUT2D eigenvalue weighted by molar-refractivity contribution is -0.127. The van der Waals surface area contributed by atoms with Crippen LogP contribution in [0.15, 0.2) is 47.1 Å². The van der Waals surface area contributed by atoms with Crippen LogP contribution in [-0.4, -0.2) is 35.7 Å². The average Bonchev–Trinajstić information content (AvgIpc) is 3.28. The summed E-state index contributed by atoms with van der Waals surface area (Å²) >= 11 is 0. The zero-order chi connectivity index (χ0) is 20.8. The maximum Gasteiger partial charge on any atom is 0.289 e. The summed E-state index contributed by atoms with van der Waals surface area (Å²) in [6, 6.07) is 10.7. The van der Waals surface area contributed by atoms with Gasteiger partial charge in [-0.2, -0.15) is 0 Å². The van der Waals surface area contributed by atoms with E-state index in [1.807, 2.05) is 31.2 Å². The average molecular weight is 397 g/mol. The number of anilines is 1. The SMILES string of the molecule is CCC(=O)Nc1ccc(C(C)NC(=O)C2CCN(C(=O)c3ccco3)CC2)cc1. The van der Waals surface area contributed by atoms with Crippen LogP contribution in [0.5, 0.6) is 0 Å². The molecule has 1 unspecified atom stereocenters. The predicted molar refractivity (Wildman–Crippen MR) is 109 cm³/mol. The molecular weight excluding hydrogens is 370 g/mol. The second kappa shape index (κ2) is 9.41. The van der Waals surface area contributed by atoms with Gasteiger partial charge in [-0.15, -0.1) is 0 Å². The minimum Gasteiger partial charge on any atom is -0.459 e. The van der Waals surface area contributed by atoms with E-state index in [-0.39, 0.29) is 29.7 Å². The number of nitrogens with one attached hydrogen (secondary N) is 2. The lowest BCUT2D eigenvalue weighted by Gasteiger charge is -2.31. The third kappa shape index (κ3) is 5.25. The summed E-state index contributed by atoms with van der Waals surface area (Å²) in [5.41, 5.74) is 1.71. The molecule has 7 nitrogen and oxygen atoms in total. The Balaban J connectivity index is 1.49. The molecule has 0 bridgehead atoms. The summed E-state index contributed by atoms with van der Waals surface area (Å²) in [6.07, 6.45) is 3.18. The molecule has 1 atom stereocenters. The first kappa shape index (κ1) is 20.6. The van der Waals surface area contributed by atoms with Crippen molar-refractivity contribution in [1.82, 2.24) is 10.2 Å². The van der Waals surface area contributed by atoms with E-state index in [0.29, 0.717) is 38.1 Å². The molecule has 1 fully saturated rings. The largest absolute Gasteiger partial charge is 0.459 e. The van der Waals surface area contributed by atoms with Crippen molar-refractivity contribution >= 4 is 23.4 Å². The molecule has 0 radical (unpaired) electrons. The Morgan fingerprint density at radius 2 is 1.83 bits per heavy atom. The fourth-order valence-corrected chi connectivity index (χ4v) is 3.42. The summed E-state index contributed by atoms with van der Waals surface area (Å²) in [5, 5.41) is 5.87. The first-order chi connectivity index (χ1) is 14.0. The molecule has 0 aliphatic carbocycles. The third-order valence-electron chi connectivity index (χ3n) is 5.26. The number of hydrogen-bond acceptors (Lipinski definition) is 4. The molecule has 0 saturated carbocycles. The number of rotatable bonds is 6. The van der Waals surface area contributed by atoms with Crippen molar-refractivity contribution in [3.8, 4) is 0 Å². The van der Waals surface area contributed by atoms with Gasteiger partial charge in [0.05, 0.1) is 12.3 Å². The number of carbonyl (C=O) groups excluding carboxylic acids is 3. The van der Waals surface area contributed by atoms with Gasteiger partial charge in [-0.05, 0) is 49.6 Å². The molecule has 7 heteroatoms. The van der Waals surface area contributed by atoms with E-state index in [9.17, 15) is 14.4 Å². The van der Waals surface area contributed by atoms with Gasteiger partial charge in [-0.3, -0.25) is 14.4 Å². The molecule has 1 aliphatic heterocycles. The van der Waals surface area contributed by atoms with Gasteiger partial charge in [0.2, 0.25) is 11.8 Å². The Morgan fingerprint density at radius 1 is 1.14 bits per heavy atom. The van der Waals surface area contributed by atoms with Gasteiger partial charge < -0.3 is 20.0 Å². The van der Waals surface area contributed by atoms with Crippen LogP contribution in [-0.2, 0) is 9.59 Å². The first-order valence-electron chi connectivity index (χ1n) is 10.0. The van der Waals surface area contributed by atoms with Crippen molar-refractivity contribution in [2.45, 2.75) is 39.2 Å².